The Morgan fingerprint density at radius 1 is 1.42 bits per heavy atom. The third-order valence-corrected chi connectivity index (χ3v) is 3.93. The number of pyridine rings is 1. The van der Waals surface area contributed by atoms with Crippen LogP contribution < -0.4 is 5.32 Å². The van der Waals surface area contributed by atoms with Gasteiger partial charge in [0.1, 0.15) is 0 Å². The van der Waals surface area contributed by atoms with E-state index in [9.17, 15) is 0 Å². The largest absolute Gasteiger partial charge is 0.309 e. The number of halogens is 1. The van der Waals surface area contributed by atoms with Crippen LogP contribution in [0.3, 0.4) is 0 Å². The lowest BCUT2D eigenvalue weighted by Crippen LogP contribution is -2.27. The molecule has 3 heteroatoms. The molecule has 0 spiro atoms. The van der Waals surface area contributed by atoms with Crippen molar-refractivity contribution < 1.29 is 0 Å². The maximum absolute atomic E-state index is 5.38. The summed E-state index contributed by atoms with van der Waals surface area (Å²) in [6.07, 6.45) is 9.00. The van der Waals surface area contributed by atoms with Gasteiger partial charge in [0.05, 0.1) is 5.52 Å². The second kappa shape index (κ2) is 6.70. The van der Waals surface area contributed by atoms with Gasteiger partial charge in [-0.2, -0.15) is 0 Å². The molecule has 0 aliphatic carbocycles. The molecule has 0 amide bonds. The molecular formula is C16H17BrN2. The first-order valence-electron chi connectivity index (χ1n) is 6.45. The number of hydrogen-bond donors (Lipinski definition) is 1. The van der Waals surface area contributed by atoms with Crippen molar-refractivity contribution in [2.75, 3.05) is 0 Å². The van der Waals surface area contributed by atoms with Crippen LogP contribution in [0.5, 0.6) is 0 Å². The van der Waals surface area contributed by atoms with Crippen molar-refractivity contribution in [3.8, 4) is 12.3 Å². The number of fused-ring (bicyclic) bond motifs is 1. The van der Waals surface area contributed by atoms with Crippen LogP contribution in [0.1, 0.15) is 25.3 Å². The number of aromatic nitrogens is 1. The van der Waals surface area contributed by atoms with Crippen molar-refractivity contribution in [3.63, 3.8) is 0 Å². The van der Waals surface area contributed by atoms with E-state index in [1.807, 2.05) is 12.3 Å². The monoisotopic (exact) mass is 316 g/mol. The van der Waals surface area contributed by atoms with Crippen LogP contribution in [-0.4, -0.2) is 11.0 Å². The molecule has 0 radical (unpaired) electrons. The van der Waals surface area contributed by atoms with Crippen LogP contribution in [0, 0.1) is 12.3 Å². The highest BCUT2D eigenvalue weighted by atomic mass is 79.9. The maximum atomic E-state index is 5.38. The minimum atomic E-state index is 0.368. The third-order valence-electron chi connectivity index (χ3n) is 3.24. The number of hydrogen-bond acceptors (Lipinski definition) is 2. The summed E-state index contributed by atoms with van der Waals surface area (Å²) in [6, 6.07) is 8.58. The Morgan fingerprint density at radius 3 is 3.00 bits per heavy atom. The molecule has 0 fully saturated rings. The molecule has 1 heterocycles. The molecule has 1 aromatic heterocycles. The van der Waals surface area contributed by atoms with E-state index in [2.05, 4.69) is 57.3 Å². The lowest BCUT2D eigenvalue weighted by molar-refractivity contribution is 0.507. The Morgan fingerprint density at radius 2 is 2.26 bits per heavy atom. The third kappa shape index (κ3) is 3.34. The minimum absolute atomic E-state index is 0.368. The molecule has 0 bridgehead atoms. The fourth-order valence-electron chi connectivity index (χ4n) is 2.10. The minimum Gasteiger partial charge on any atom is -0.309 e. The van der Waals surface area contributed by atoms with Crippen LogP contribution in [0.2, 0.25) is 0 Å². The zero-order chi connectivity index (χ0) is 13.7. The molecule has 2 rings (SSSR count). The molecule has 1 unspecified atom stereocenters. The average molecular weight is 317 g/mol. The summed E-state index contributed by atoms with van der Waals surface area (Å²) in [5.41, 5.74) is 2.24. The van der Waals surface area contributed by atoms with Gasteiger partial charge in [-0.1, -0.05) is 35.0 Å². The first-order chi connectivity index (χ1) is 9.26. The molecule has 1 atom stereocenters. The van der Waals surface area contributed by atoms with Gasteiger partial charge in [0, 0.05) is 35.1 Å². The van der Waals surface area contributed by atoms with Gasteiger partial charge in [0.25, 0.3) is 0 Å². The standard InChI is InChI=1S/C16H17BrN2/c1-3-6-13(4-2)19-11-12-8-9-15(17)14-7-5-10-18-16(12)14/h1,5,7-10,13,19H,4,6,11H2,2H3. The van der Waals surface area contributed by atoms with Crippen molar-refractivity contribution in [1.82, 2.24) is 10.3 Å². The highest BCUT2D eigenvalue weighted by Crippen LogP contribution is 2.25. The maximum Gasteiger partial charge on any atom is 0.0758 e. The number of benzene rings is 1. The lowest BCUT2D eigenvalue weighted by atomic mass is 10.1. The summed E-state index contributed by atoms with van der Waals surface area (Å²) in [6.45, 7) is 2.94. The quantitative estimate of drug-likeness (QED) is 0.846. The summed E-state index contributed by atoms with van der Waals surface area (Å²) >= 11 is 3.56. The van der Waals surface area contributed by atoms with Gasteiger partial charge in [-0.05, 0) is 24.1 Å². The van der Waals surface area contributed by atoms with E-state index < -0.39 is 0 Å². The van der Waals surface area contributed by atoms with Crippen molar-refractivity contribution >= 4 is 26.8 Å². The van der Waals surface area contributed by atoms with Gasteiger partial charge in [0.2, 0.25) is 0 Å². The first kappa shape index (κ1) is 14.0. The fraction of sp³-hybridized carbons (Fsp3) is 0.312. The van der Waals surface area contributed by atoms with Gasteiger partial charge in [-0.3, -0.25) is 4.98 Å². The fourth-order valence-corrected chi connectivity index (χ4v) is 2.55. The van der Waals surface area contributed by atoms with E-state index in [4.69, 9.17) is 6.42 Å². The predicted octanol–water partition coefficient (Wildman–Crippen LogP) is 3.89. The highest BCUT2D eigenvalue weighted by Gasteiger charge is 2.08. The molecule has 98 valence electrons. The number of rotatable bonds is 5. The second-order valence-corrected chi connectivity index (χ2v) is 5.35. The summed E-state index contributed by atoms with van der Waals surface area (Å²) in [4.78, 5) is 4.48. The molecule has 2 aromatic rings. The van der Waals surface area contributed by atoms with Gasteiger partial charge < -0.3 is 5.32 Å². The zero-order valence-electron chi connectivity index (χ0n) is 11.0. The number of terminal acetylenes is 1. The molecule has 0 saturated heterocycles. The van der Waals surface area contributed by atoms with E-state index in [1.54, 1.807) is 0 Å². The molecule has 0 aliphatic rings. The summed E-state index contributed by atoms with van der Waals surface area (Å²) in [5.74, 6) is 2.72. The number of nitrogens with zero attached hydrogens (tertiary/aromatic N) is 1. The van der Waals surface area contributed by atoms with Crippen molar-refractivity contribution in [2.24, 2.45) is 0 Å². The van der Waals surface area contributed by atoms with E-state index >= 15 is 0 Å². The highest BCUT2D eigenvalue weighted by molar-refractivity contribution is 9.10. The van der Waals surface area contributed by atoms with Gasteiger partial charge in [-0.15, -0.1) is 12.3 Å². The smallest absolute Gasteiger partial charge is 0.0758 e. The average Bonchev–Trinajstić information content (AvgIpc) is 2.45. The Labute approximate surface area is 122 Å². The molecule has 19 heavy (non-hydrogen) atoms. The topological polar surface area (TPSA) is 24.9 Å². The molecular weight excluding hydrogens is 300 g/mol. The zero-order valence-corrected chi connectivity index (χ0v) is 12.6. The Balaban J connectivity index is 2.22. The molecule has 1 aromatic carbocycles. The Kier molecular flexibility index (Phi) is 4.95. The molecule has 0 saturated carbocycles. The van der Waals surface area contributed by atoms with E-state index in [0.29, 0.717) is 6.04 Å². The van der Waals surface area contributed by atoms with E-state index in [0.717, 1.165) is 34.8 Å². The molecule has 1 N–H and O–H groups in total. The van der Waals surface area contributed by atoms with Crippen molar-refractivity contribution in [1.29, 1.82) is 0 Å². The Bertz CT molecular complexity index is 601. The SMILES string of the molecule is C#CCC(CC)NCc1ccc(Br)c2cccnc12. The van der Waals surface area contributed by atoms with Crippen LogP contribution in [0.4, 0.5) is 0 Å². The first-order valence-corrected chi connectivity index (χ1v) is 7.24. The van der Waals surface area contributed by atoms with Crippen LogP contribution >= 0.6 is 15.9 Å². The molecule has 0 aliphatic heterocycles. The second-order valence-electron chi connectivity index (χ2n) is 4.50. The lowest BCUT2D eigenvalue weighted by Gasteiger charge is -2.15. The normalized spacial score (nSPS) is 12.3. The van der Waals surface area contributed by atoms with Crippen molar-refractivity contribution in [2.45, 2.75) is 32.4 Å². The summed E-state index contributed by atoms with van der Waals surface area (Å²) in [5, 5.41) is 4.65. The van der Waals surface area contributed by atoms with Gasteiger partial charge in [0.15, 0.2) is 0 Å². The van der Waals surface area contributed by atoms with Crippen LogP contribution in [0.15, 0.2) is 34.9 Å². The Hall–Kier alpha value is -1.37. The van der Waals surface area contributed by atoms with Crippen LogP contribution in [-0.2, 0) is 6.54 Å². The molecule has 2 nitrogen and oxygen atoms in total. The predicted molar refractivity (Wildman–Crippen MR) is 83.8 cm³/mol. The summed E-state index contributed by atoms with van der Waals surface area (Å²) in [7, 11) is 0. The van der Waals surface area contributed by atoms with E-state index in [1.165, 1.54) is 5.56 Å². The van der Waals surface area contributed by atoms with Crippen LogP contribution in [0.25, 0.3) is 10.9 Å². The number of nitrogens with one attached hydrogen (secondary N) is 1. The van der Waals surface area contributed by atoms with Gasteiger partial charge in [-0.25, -0.2) is 0 Å². The summed E-state index contributed by atoms with van der Waals surface area (Å²) < 4.78 is 1.08. The van der Waals surface area contributed by atoms with Crippen molar-refractivity contribution in [3.05, 3.63) is 40.5 Å². The van der Waals surface area contributed by atoms with Gasteiger partial charge >= 0.3 is 0 Å². The van der Waals surface area contributed by atoms with E-state index in [-0.39, 0.29) is 0 Å².